The quantitative estimate of drug-likeness (QED) is 0.614. The molecule has 0 amide bonds. The Bertz CT molecular complexity index is 397. The fourth-order valence-electron chi connectivity index (χ4n) is 1.09. The van der Waals surface area contributed by atoms with Crippen molar-refractivity contribution in [3.05, 3.63) is 17.3 Å². The topological polar surface area (TPSA) is 54.4 Å². The predicted molar refractivity (Wildman–Crippen MR) is 53.7 cm³/mol. The zero-order valence-corrected chi connectivity index (χ0v) is 8.08. The van der Waals surface area contributed by atoms with Crippen molar-refractivity contribution in [1.29, 1.82) is 0 Å². The minimum Gasteiger partial charge on any atom is -0.366 e. The fraction of sp³-hybridized carbons (Fsp3) is 0.333. The summed E-state index contributed by atoms with van der Waals surface area (Å²) in [6.45, 7) is 0. The summed E-state index contributed by atoms with van der Waals surface area (Å²) in [5, 5.41) is 3.53. The zero-order valence-electron chi connectivity index (χ0n) is 7.33. The summed E-state index contributed by atoms with van der Waals surface area (Å²) in [6, 6.07) is 2.04. The van der Waals surface area contributed by atoms with E-state index in [0.717, 1.165) is 12.8 Å². The van der Waals surface area contributed by atoms with Crippen LogP contribution in [0, 0.1) is 0 Å². The van der Waals surface area contributed by atoms with Gasteiger partial charge in [0.25, 0.3) is 0 Å². The highest BCUT2D eigenvalue weighted by molar-refractivity contribution is 6.35. The van der Waals surface area contributed by atoms with Gasteiger partial charge in [-0.1, -0.05) is 11.6 Å². The molecule has 1 heterocycles. The number of hydrogen-bond donors (Lipinski definition) is 1. The van der Waals surface area contributed by atoms with Crippen molar-refractivity contribution < 1.29 is 4.79 Å². The number of aliphatic imine (C=N–C) groups is 1. The number of hydrogen-bond acceptors (Lipinski definition) is 4. The van der Waals surface area contributed by atoms with E-state index in [-0.39, 0.29) is 0 Å². The van der Waals surface area contributed by atoms with E-state index in [9.17, 15) is 4.79 Å². The van der Waals surface area contributed by atoms with Gasteiger partial charge in [0, 0.05) is 12.2 Å². The normalized spacial score (nSPS) is 14.6. The minimum atomic E-state index is 0.378. The average molecular weight is 210 g/mol. The summed E-state index contributed by atoms with van der Waals surface area (Å²) in [5.41, 5.74) is 0.403. The van der Waals surface area contributed by atoms with Crippen LogP contribution in [0.15, 0.2) is 17.3 Å². The van der Waals surface area contributed by atoms with E-state index in [0.29, 0.717) is 22.6 Å². The number of anilines is 1. The molecule has 0 radical (unpaired) electrons. The summed E-state index contributed by atoms with van der Waals surface area (Å²) in [6.07, 6.45) is 5.29. The average Bonchev–Trinajstić information content (AvgIpc) is 2.96. The molecule has 1 aliphatic carbocycles. The first kappa shape index (κ1) is 9.19. The standard InChI is InChI=1S/C9H8ClN3O/c10-8-7(12-5-14)3-4-11-9(8)13-6-1-2-6/h3-4,6H,1-2H2,(H,11,13). The van der Waals surface area contributed by atoms with Gasteiger partial charge in [-0.05, 0) is 18.9 Å². The third kappa shape index (κ3) is 1.92. The minimum absolute atomic E-state index is 0.378. The zero-order chi connectivity index (χ0) is 9.97. The van der Waals surface area contributed by atoms with Crippen LogP contribution in [0.4, 0.5) is 11.5 Å². The molecule has 0 saturated heterocycles. The lowest BCUT2D eigenvalue weighted by atomic mass is 10.4. The summed E-state index contributed by atoms with van der Waals surface area (Å²) >= 11 is 5.96. The van der Waals surface area contributed by atoms with Crippen LogP contribution in [-0.4, -0.2) is 17.1 Å². The van der Waals surface area contributed by atoms with Crippen molar-refractivity contribution in [2.75, 3.05) is 5.32 Å². The third-order valence-corrected chi connectivity index (χ3v) is 2.33. The molecule has 0 bridgehead atoms. The van der Waals surface area contributed by atoms with Crippen molar-refractivity contribution in [3.63, 3.8) is 0 Å². The molecule has 1 aliphatic rings. The molecule has 1 aromatic rings. The van der Waals surface area contributed by atoms with E-state index in [1.54, 1.807) is 12.3 Å². The second-order valence-electron chi connectivity index (χ2n) is 3.11. The van der Waals surface area contributed by atoms with Crippen molar-refractivity contribution in [2.24, 2.45) is 4.99 Å². The molecule has 2 rings (SSSR count). The van der Waals surface area contributed by atoms with Gasteiger partial charge in [0.15, 0.2) is 0 Å². The van der Waals surface area contributed by atoms with Crippen molar-refractivity contribution >= 4 is 29.2 Å². The first-order valence-electron chi connectivity index (χ1n) is 4.30. The highest BCUT2D eigenvalue weighted by Gasteiger charge is 2.22. The van der Waals surface area contributed by atoms with Crippen molar-refractivity contribution in [3.8, 4) is 0 Å². The van der Waals surface area contributed by atoms with Crippen LogP contribution < -0.4 is 5.32 Å². The molecule has 5 heteroatoms. The van der Waals surface area contributed by atoms with Gasteiger partial charge >= 0.3 is 0 Å². The molecule has 0 unspecified atom stereocenters. The SMILES string of the molecule is O=C=Nc1ccnc(NC2CC2)c1Cl. The Labute approximate surface area is 86.0 Å². The van der Waals surface area contributed by atoms with Gasteiger partial charge in [-0.2, -0.15) is 4.99 Å². The maximum absolute atomic E-state index is 10.1. The van der Waals surface area contributed by atoms with Crippen LogP contribution in [0.3, 0.4) is 0 Å². The van der Waals surface area contributed by atoms with Crippen molar-refractivity contribution in [2.45, 2.75) is 18.9 Å². The number of nitrogens with zero attached hydrogens (tertiary/aromatic N) is 2. The maximum Gasteiger partial charge on any atom is 0.240 e. The summed E-state index contributed by atoms with van der Waals surface area (Å²) in [4.78, 5) is 17.6. The number of aromatic nitrogens is 1. The molecule has 1 fully saturated rings. The van der Waals surface area contributed by atoms with Crippen LogP contribution in [0.1, 0.15) is 12.8 Å². The van der Waals surface area contributed by atoms with Crippen molar-refractivity contribution in [1.82, 2.24) is 4.98 Å². The number of isocyanates is 1. The van der Waals surface area contributed by atoms with E-state index in [1.165, 1.54) is 6.08 Å². The molecule has 0 atom stereocenters. The second kappa shape index (κ2) is 3.78. The summed E-state index contributed by atoms with van der Waals surface area (Å²) in [5.74, 6) is 0.589. The van der Waals surface area contributed by atoms with Crippen LogP contribution in [-0.2, 0) is 4.79 Å². The molecule has 0 aromatic carbocycles. The van der Waals surface area contributed by atoms with Gasteiger partial charge in [-0.25, -0.2) is 9.78 Å². The fourth-order valence-corrected chi connectivity index (χ4v) is 1.30. The second-order valence-corrected chi connectivity index (χ2v) is 3.49. The number of pyridine rings is 1. The number of carbonyl (C=O) groups excluding carboxylic acids is 1. The van der Waals surface area contributed by atoms with Gasteiger partial charge < -0.3 is 5.32 Å². The van der Waals surface area contributed by atoms with Gasteiger partial charge in [-0.3, -0.25) is 0 Å². The third-order valence-electron chi connectivity index (χ3n) is 1.95. The van der Waals surface area contributed by atoms with Gasteiger partial charge in [0.2, 0.25) is 6.08 Å². The molecule has 72 valence electrons. The predicted octanol–water partition coefficient (Wildman–Crippen LogP) is 2.28. The monoisotopic (exact) mass is 209 g/mol. The molecule has 0 aliphatic heterocycles. The van der Waals surface area contributed by atoms with Gasteiger partial charge in [0.05, 0.1) is 0 Å². The van der Waals surface area contributed by atoms with E-state index in [4.69, 9.17) is 11.6 Å². The van der Waals surface area contributed by atoms with E-state index < -0.39 is 0 Å². The van der Waals surface area contributed by atoms with E-state index >= 15 is 0 Å². The Morgan fingerprint density at radius 2 is 2.43 bits per heavy atom. The van der Waals surface area contributed by atoms with Crippen LogP contribution in [0.5, 0.6) is 0 Å². The molecule has 1 N–H and O–H groups in total. The first-order chi connectivity index (χ1) is 6.81. The Hall–Kier alpha value is -1.38. The number of nitrogens with one attached hydrogen (secondary N) is 1. The van der Waals surface area contributed by atoms with E-state index in [1.807, 2.05) is 0 Å². The highest BCUT2D eigenvalue weighted by Crippen LogP contribution is 2.33. The maximum atomic E-state index is 10.1. The lowest BCUT2D eigenvalue weighted by molar-refractivity contribution is 0.565. The van der Waals surface area contributed by atoms with Gasteiger partial charge in [-0.15, -0.1) is 0 Å². The lowest BCUT2D eigenvalue weighted by Crippen LogP contribution is -2.03. The number of halogens is 1. The molecule has 1 aromatic heterocycles. The molecule has 1 saturated carbocycles. The lowest BCUT2D eigenvalue weighted by Gasteiger charge is -2.05. The van der Waals surface area contributed by atoms with Crippen LogP contribution in [0.25, 0.3) is 0 Å². The summed E-state index contributed by atoms with van der Waals surface area (Å²) < 4.78 is 0. The largest absolute Gasteiger partial charge is 0.366 e. The Morgan fingerprint density at radius 3 is 3.07 bits per heavy atom. The Balaban J connectivity index is 2.29. The molecular formula is C9H8ClN3O. The molecular weight excluding hydrogens is 202 g/mol. The smallest absolute Gasteiger partial charge is 0.240 e. The van der Waals surface area contributed by atoms with Crippen LogP contribution in [0.2, 0.25) is 5.02 Å². The summed E-state index contributed by atoms with van der Waals surface area (Å²) in [7, 11) is 0. The van der Waals surface area contributed by atoms with Crippen LogP contribution >= 0.6 is 11.6 Å². The first-order valence-corrected chi connectivity index (χ1v) is 4.68. The highest BCUT2D eigenvalue weighted by atomic mass is 35.5. The molecule has 0 spiro atoms. The number of rotatable bonds is 3. The molecule has 4 nitrogen and oxygen atoms in total. The molecule has 14 heavy (non-hydrogen) atoms. The van der Waals surface area contributed by atoms with E-state index in [2.05, 4.69) is 15.3 Å². The Morgan fingerprint density at radius 1 is 1.64 bits per heavy atom. The Kier molecular flexibility index (Phi) is 2.48. The van der Waals surface area contributed by atoms with Gasteiger partial charge in [0.1, 0.15) is 16.5 Å².